The summed E-state index contributed by atoms with van der Waals surface area (Å²) >= 11 is 0. The predicted molar refractivity (Wildman–Crippen MR) is 52.2 cm³/mol. The van der Waals surface area contributed by atoms with Crippen molar-refractivity contribution in [3.8, 4) is 0 Å². The zero-order valence-electron chi connectivity index (χ0n) is 8.85. The third kappa shape index (κ3) is 1.89. The Morgan fingerprint density at radius 2 is 1.92 bits per heavy atom. The van der Waals surface area contributed by atoms with Gasteiger partial charge in [0, 0.05) is 0 Å². The van der Waals surface area contributed by atoms with E-state index in [-0.39, 0.29) is 0 Å². The topological polar surface area (TPSA) is 9.23 Å². The van der Waals surface area contributed by atoms with Crippen LogP contribution < -0.4 is 0 Å². The van der Waals surface area contributed by atoms with Gasteiger partial charge < -0.3 is 4.74 Å². The van der Waals surface area contributed by atoms with Crippen LogP contribution in [0.1, 0.15) is 41.0 Å². The Hall–Kier alpha value is -0.300. The molecule has 1 aliphatic heterocycles. The van der Waals surface area contributed by atoms with Crippen LogP contribution in [0.5, 0.6) is 0 Å². The first-order chi connectivity index (χ1) is 5.52. The molecule has 0 bridgehead atoms. The van der Waals surface area contributed by atoms with Crippen LogP contribution in [0.15, 0.2) is 11.1 Å². The van der Waals surface area contributed by atoms with Crippen LogP contribution in [-0.4, -0.2) is 12.2 Å². The van der Waals surface area contributed by atoms with Crippen LogP contribution in [0, 0.1) is 5.92 Å². The summed E-state index contributed by atoms with van der Waals surface area (Å²) in [5, 5.41) is 0. The molecule has 0 aliphatic carbocycles. The lowest BCUT2D eigenvalue weighted by molar-refractivity contribution is 0.0143. The molecule has 70 valence electrons. The van der Waals surface area contributed by atoms with Crippen LogP contribution >= 0.6 is 0 Å². The van der Waals surface area contributed by atoms with Crippen LogP contribution in [0.2, 0.25) is 0 Å². The van der Waals surface area contributed by atoms with Crippen molar-refractivity contribution >= 4 is 0 Å². The van der Waals surface area contributed by atoms with E-state index in [1.165, 1.54) is 5.57 Å². The summed E-state index contributed by atoms with van der Waals surface area (Å²) in [6.45, 7) is 11.0. The van der Waals surface area contributed by atoms with Gasteiger partial charge in [0.2, 0.25) is 0 Å². The fraction of sp³-hybridized carbons (Fsp3) is 0.818. The molecule has 1 nitrogen and oxygen atoms in total. The van der Waals surface area contributed by atoms with E-state index in [1.54, 1.807) is 5.57 Å². The Morgan fingerprint density at radius 1 is 1.33 bits per heavy atom. The van der Waals surface area contributed by atoms with E-state index in [2.05, 4.69) is 34.6 Å². The zero-order chi connectivity index (χ0) is 9.30. The highest BCUT2D eigenvalue weighted by Crippen LogP contribution is 2.29. The van der Waals surface area contributed by atoms with Crippen molar-refractivity contribution in [2.24, 2.45) is 5.92 Å². The SMILES string of the molecule is CC1=C(C(C)C)CC(C)OC1C. The Labute approximate surface area is 75.8 Å². The van der Waals surface area contributed by atoms with Crippen molar-refractivity contribution in [3.63, 3.8) is 0 Å². The smallest absolute Gasteiger partial charge is 0.0760 e. The molecule has 2 atom stereocenters. The summed E-state index contributed by atoms with van der Waals surface area (Å²) in [5.41, 5.74) is 3.05. The molecule has 0 fully saturated rings. The minimum atomic E-state index is 0.325. The summed E-state index contributed by atoms with van der Waals surface area (Å²) in [5.74, 6) is 0.679. The number of hydrogen-bond donors (Lipinski definition) is 0. The Morgan fingerprint density at radius 3 is 2.42 bits per heavy atom. The van der Waals surface area contributed by atoms with E-state index in [0.29, 0.717) is 18.1 Å². The molecule has 0 radical (unpaired) electrons. The van der Waals surface area contributed by atoms with Gasteiger partial charge in [0.05, 0.1) is 12.2 Å². The molecule has 0 aromatic rings. The summed E-state index contributed by atoms with van der Waals surface area (Å²) in [7, 11) is 0. The van der Waals surface area contributed by atoms with Gasteiger partial charge in [-0.25, -0.2) is 0 Å². The third-order valence-electron chi connectivity index (χ3n) is 2.76. The Balaban J connectivity index is 2.85. The van der Waals surface area contributed by atoms with Gasteiger partial charge in [-0.2, -0.15) is 0 Å². The first-order valence-electron chi connectivity index (χ1n) is 4.87. The lowest BCUT2D eigenvalue weighted by Gasteiger charge is -2.31. The van der Waals surface area contributed by atoms with Gasteiger partial charge in [-0.3, -0.25) is 0 Å². The molecule has 12 heavy (non-hydrogen) atoms. The summed E-state index contributed by atoms with van der Waals surface area (Å²) in [6.07, 6.45) is 1.85. The van der Waals surface area contributed by atoms with Gasteiger partial charge in [0.25, 0.3) is 0 Å². The van der Waals surface area contributed by atoms with Crippen LogP contribution in [-0.2, 0) is 4.74 Å². The van der Waals surface area contributed by atoms with Gasteiger partial charge in [-0.05, 0) is 38.7 Å². The highest BCUT2D eigenvalue weighted by atomic mass is 16.5. The van der Waals surface area contributed by atoms with Crippen LogP contribution in [0.25, 0.3) is 0 Å². The minimum absolute atomic E-state index is 0.325. The first-order valence-corrected chi connectivity index (χ1v) is 4.87. The number of hydrogen-bond acceptors (Lipinski definition) is 1. The second-order valence-corrected chi connectivity index (χ2v) is 4.16. The quantitative estimate of drug-likeness (QED) is 0.546. The monoisotopic (exact) mass is 168 g/mol. The summed E-state index contributed by atoms with van der Waals surface area (Å²) in [4.78, 5) is 0. The minimum Gasteiger partial charge on any atom is -0.371 e. The van der Waals surface area contributed by atoms with Gasteiger partial charge in [-0.1, -0.05) is 19.4 Å². The number of ether oxygens (including phenoxy) is 1. The molecule has 1 aliphatic rings. The van der Waals surface area contributed by atoms with Crippen LogP contribution in [0.4, 0.5) is 0 Å². The maximum absolute atomic E-state index is 5.72. The average molecular weight is 168 g/mol. The molecule has 2 unspecified atom stereocenters. The van der Waals surface area contributed by atoms with Crippen molar-refractivity contribution in [3.05, 3.63) is 11.1 Å². The van der Waals surface area contributed by atoms with E-state index in [0.717, 1.165) is 6.42 Å². The van der Waals surface area contributed by atoms with Gasteiger partial charge >= 0.3 is 0 Å². The lowest BCUT2D eigenvalue weighted by atomic mass is 9.89. The highest BCUT2D eigenvalue weighted by molar-refractivity contribution is 5.20. The van der Waals surface area contributed by atoms with Crippen LogP contribution in [0.3, 0.4) is 0 Å². The first kappa shape index (κ1) is 9.79. The maximum Gasteiger partial charge on any atom is 0.0760 e. The highest BCUT2D eigenvalue weighted by Gasteiger charge is 2.22. The molecule has 0 aromatic carbocycles. The average Bonchev–Trinajstić information content (AvgIpc) is 1.96. The van der Waals surface area contributed by atoms with Crippen molar-refractivity contribution in [2.75, 3.05) is 0 Å². The molecule has 1 rings (SSSR count). The molecule has 1 heteroatoms. The van der Waals surface area contributed by atoms with Gasteiger partial charge in [0.1, 0.15) is 0 Å². The van der Waals surface area contributed by atoms with E-state index < -0.39 is 0 Å². The maximum atomic E-state index is 5.72. The van der Waals surface area contributed by atoms with Crippen molar-refractivity contribution in [2.45, 2.75) is 53.2 Å². The van der Waals surface area contributed by atoms with Gasteiger partial charge in [0.15, 0.2) is 0 Å². The fourth-order valence-electron chi connectivity index (χ4n) is 1.92. The van der Waals surface area contributed by atoms with E-state index in [9.17, 15) is 0 Å². The summed E-state index contributed by atoms with van der Waals surface area (Å²) < 4.78 is 5.72. The molecule has 0 amide bonds. The molecule has 1 heterocycles. The predicted octanol–water partition coefficient (Wildman–Crippen LogP) is 3.16. The molecule has 0 aromatic heterocycles. The van der Waals surface area contributed by atoms with Crippen molar-refractivity contribution in [1.82, 2.24) is 0 Å². The Kier molecular flexibility index (Phi) is 2.94. The third-order valence-corrected chi connectivity index (χ3v) is 2.76. The second-order valence-electron chi connectivity index (χ2n) is 4.16. The van der Waals surface area contributed by atoms with E-state index in [1.807, 2.05) is 0 Å². The second kappa shape index (κ2) is 3.61. The fourth-order valence-corrected chi connectivity index (χ4v) is 1.92. The Bertz CT molecular complexity index is 191. The molecule has 0 saturated heterocycles. The summed E-state index contributed by atoms with van der Waals surface area (Å²) in [6, 6.07) is 0. The van der Waals surface area contributed by atoms with Crippen molar-refractivity contribution < 1.29 is 4.74 Å². The molecular formula is C11H20O. The van der Waals surface area contributed by atoms with Gasteiger partial charge in [-0.15, -0.1) is 0 Å². The molecule has 0 spiro atoms. The largest absolute Gasteiger partial charge is 0.371 e. The van der Waals surface area contributed by atoms with E-state index >= 15 is 0 Å². The number of rotatable bonds is 1. The molecule has 0 saturated carbocycles. The normalized spacial score (nSPS) is 31.5. The van der Waals surface area contributed by atoms with Crippen molar-refractivity contribution in [1.29, 1.82) is 0 Å². The molecular weight excluding hydrogens is 148 g/mol. The van der Waals surface area contributed by atoms with E-state index in [4.69, 9.17) is 4.74 Å². The lowest BCUT2D eigenvalue weighted by Crippen LogP contribution is -2.26. The standard InChI is InChI=1S/C11H20O/c1-7(2)11-6-8(3)12-10(5)9(11)4/h7-8,10H,6H2,1-5H3. The molecule has 0 N–H and O–H groups in total. The zero-order valence-corrected chi connectivity index (χ0v) is 8.85.